The van der Waals surface area contributed by atoms with Gasteiger partial charge in [0.15, 0.2) is 0 Å². The van der Waals surface area contributed by atoms with Crippen molar-refractivity contribution in [3.05, 3.63) is 24.2 Å². The highest BCUT2D eigenvalue weighted by Gasteiger charge is 2.41. The van der Waals surface area contributed by atoms with E-state index in [4.69, 9.17) is 4.42 Å². The van der Waals surface area contributed by atoms with Gasteiger partial charge in [-0.1, -0.05) is 19.3 Å². The van der Waals surface area contributed by atoms with E-state index >= 15 is 0 Å². The summed E-state index contributed by atoms with van der Waals surface area (Å²) in [5.74, 6) is -0.199. The van der Waals surface area contributed by atoms with Gasteiger partial charge in [0.25, 0.3) is 0 Å². The van der Waals surface area contributed by atoms with Gasteiger partial charge < -0.3 is 14.8 Å². The lowest BCUT2D eigenvalue weighted by Crippen LogP contribution is -2.39. The number of carbonyl (C=O) groups is 2. The Morgan fingerprint density at radius 2 is 2.05 bits per heavy atom. The lowest BCUT2D eigenvalue weighted by Gasteiger charge is -2.32. The van der Waals surface area contributed by atoms with Crippen molar-refractivity contribution in [1.29, 1.82) is 0 Å². The molecule has 0 aliphatic heterocycles. The van der Waals surface area contributed by atoms with Crippen LogP contribution in [-0.2, 0) is 16.0 Å². The van der Waals surface area contributed by atoms with Crippen LogP contribution in [0.15, 0.2) is 22.8 Å². The van der Waals surface area contributed by atoms with Crippen molar-refractivity contribution in [3.8, 4) is 0 Å². The van der Waals surface area contributed by atoms with E-state index in [0.717, 1.165) is 25.0 Å². The Morgan fingerprint density at radius 3 is 2.65 bits per heavy atom. The topological polar surface area (TPSA) is 79.5 Å². The van der Waals surface area contributed by atoms with Crippen LogP contribution >= 0.6 is 0 Å². The first kappa shape index (κ1) is 14.6. The summed E-state index contributed by atoms with van der Waals surface area (Å²) < 4.78 is 5.18. The minimum absolute atomic E-state index is 0.0838. The summed E-state index contributed by atoms with van der Waals surface area (Å²) in [5, 5.41) is 12.2. The molecule has 1 aliphatic carbocycles. The molecule has 110 valence electrons. The summed E-state index contributed by atoms with van der Waals surface area (Å²) >= 11 is 0. The molecule has 0 atom stereocenters. The molecule has 1 aromatic heterocycles. The Morgan fingerprint density at radius 1 is 1.30 bits per heavy atom. The number of nitrogens with one attached hydrogen (secondary N) is 1. The summed E-state index contributed by atoms with van der Waals surface area (Å²) in [4.78, 5) is 23.4. The molecule has 0 radical (unpaired) electrons. The monoisotopic (exact) mass is 279 g/mol. The van der Waals surface area contributed by atoms with Crippen molar-refractivity contribution in [2.24, 2.45) is 5.41 Å². The molecule has 0 unspecified atom stereocenters. The number of carboxylic acid groups (broad SMARTS) is 1. The fourth-order valence-corrected chi connectivity index (χ4v) is 2.84. The summed E-state index contributed by atoms with van der Waals surface area (Å²) in [5.41, 5.74) is -0.854. The normalized spacial score (nSPS) is 17.6. The maximum absolute atomic E-state index is 11.9. The third kappa shape index (κ3) is 3.62. The quantitative estimate of drug-likeness (QED) is 0.837. The van der Waals surface area contributed by atoms with Gasteiger partial charge in [0.2, 0.25) is 5.91 Å². The van der Waals surface area contributed by atoms with E-state index < -0.39 is 11.4 Å². The van der Waals surface area contributed by atoms with Crippen molar-refractivity contribution < 1.29 is 19.1 Å². The van der Waals surface area contributed by atoms with Crippen molar-refractivity contribution >= 4 is 11.9 Å². The Balaban J connectivity index is 1.81. The summed E-state index contributed by atoms with van der Waals surface area (Å²) in [6.45, 7) is 0.474. The van der Waals surface area contributed by atoms with Gasteiger partial charge in [0.05, 0.1) is 11.7 Å². The zero-order chi connectivity index (χ0) is 14.4. The second kappa shape index (κ2) is 6.59. The molecule has 1 aromatic rings. The lowest BCUT2D eigenvalue weighted by atomic mass is 9.71. The molecule has 0 bridgehead atoms. The fraction of sp³-hybridized carbons (Fsp3) is 0.600. The highest BCUT2D eigenvalue weighted by Crippen LogP contribution is 2.39. The largest absolute Gasteiger partial charge is 0.481 e. The van der Waals surface area contributed by atoms with E-state index in [-0.39, 0.29) is 12.3 Å². The Hall–Kier alpha value is -1.78. The zero-order valence-electron chi connectivity index (χ0n) is 11.6. The molecular weight excluding hydrogens is 258 g/mol. The molecular formula is C15H21NO4. The van der Waals surface area contributed by atoms with Gasteiger partial charge in [-0.05, 0) is 25.0 Å². The highest BCUT2D eigenvalue weighted by atomic mass is 16.4. The second-order valence-corrected chi connectivity index (χ2v) is 5.50. The first-order chi connectivity index (χ1) is 9.62. The summed E-state index contributed by atoms with van der Waals surface area (Å²) in [7, 11) is 0. The third-order valence-corrected chi connectivity index (χ3v) is 4.04. The highest BCUT2D eigenvalue weighted by molar-refractivity contribution is 5.85. The van der Waals surface area contributed by atoms with Crippen molar-refractivity contribution in [2.75, 3.05) is 6.54 Å². The van der Waals surface area contributed by atoms with Gasteiger partial charge in [0.1, 0.15) is 5.76 Å². The van der Waals surface area contributed by atoms with Crippen molar-refractivity contribution in [2.45, 2.75) is 44.9 Å². The molecule has 5 nitrogen and oxygen atoms in total. The number of aliphatic carboxylic acids is 1. The van der Waals surface area contributed by atoms with E-state index in [1.165, 1.54) is 0 Å². The third-order valence-electron chi connectivity index (χ3n) is 4.04. The van der Waals surface area contributed by atoms with E-state index in [2.05, 4.69) is 5.32 Å². The van der Waals surface area contributed by atoms with Gasteiger partial charge in [-0.15, -0.1) is 0 Å². The number of furan rings is 1. The Labute approximate surface area is 118 Å². The van der Waals surface area contributed by atoms with Crippen LogP contribution in [0.5, 0.6) is 0 Å². The first-order valence-corrected chi connectivity index (χ1v) is 7.15. The maximum Gasteiger partial charge on any atom is 0.310 e. The maximum atomic E-state index is 11.9. The molecule has 1 aliphatic rings. The summed E-state index contributed by atoms with van der Waals surface area (Å²) in [6, 6.07) is 3.66. The van der Waals surface area contributed by atoms with Crippen LogP contribution in [0.3, 0.4) is 0 Å². The molecule has 20 heavy (non-hydrogen) atoms. The SMILES string of the molecule is O=C(CC1(C(=O)O)CCCCC1)NCCc1ccco1. The molecule has 0 aromatic carbocycles. The number of carboxylic acids is 1. The van der Waals surface area contributed by atoms with E-state index in [1.807, 2.05) is 6.07 Å². The molecule has 2 N–H and O–H groups in total. The Bertz CT molecular complexity index is 446. The lowest BCUT2D eigenvalue weighted by molar-refractivity contribution is -0.154. The van der Waals surface area contributed by atoms with Gasteiger partial charge in [-0.25, -0.2) is 0 Å². The van der Waals surface area contributed by atoms with Gasteiger partial charge >= 0.3 is 5.97 Å². The van der Waals surface area contributed by atoms with E-state index in [9.17, 15) is 14.7 Å². The molecule has 0 spiro atoms. The number of carbonyl (C=O) groups excluding carboxylic acids is 1. The van der Waals surface area contributed by atoms with Crippen molar-refractivity contribution in [1.82, 2.24) is 5.32 Å². The number of rotatable bonds is 6. The number of amides is 1. The predicted molar refractivity (Wildman–Crippen MR) is 73.2 cm³/mol. The smallest absolute Gasteiger partial charge is 0.310 e. The number of hydrogen-bond donors (Lipinski definition) is 2. The molecule has 5 heteroatoms. The van der Waals surface area contributed by atoms with Gasteiger partial charge in [-0.2, -0.15) is 0 Å². The standard InChI is InChI=1S/C15H21NO4/c17-13(16-9-6-12-5-4-10-20-12)11-15(14(18)19)7-2-1-3-8-15/h4-5,10H,1-3,6-9,11H2,(H,16,17)(H,18,19). The minimum atomic E-state index is -0.854. The van der Waals surface area contributed by atoms with Crippen LogP contribution in [-0.4, -0.2) is 23.5 Å². The Kier molecular flexibility index (Phi) is 4.82. The van der Waals surface area contributed by atoms with Crippen LogP contribution in [0.1, 0.15) is 44.3 Å². The second-order valence-electron chi connectivity index (χ2n) is 5.50. The molecule has 1 heterocycles. The molecule has 2 rings (SSSR count). The molecule has 1 fully saturated rings. The average molecular weight is 279 g/mol. The summed E-state index contributed by atoms with van der Waals surface area (Å²) in [6.07, 6.45) is 6.37. The van der Waals surface area contributed by atoms with Crippen LogP contribution in [0.25, 0.3) is 0 Å². The molecule has 1 saturated carbocycles. The predicted octanol–water partition coefficient (Wildman–Crippen LogP) is 2.36. The molecule has 1 amide bonds. The molecule has 0 saturated heterocycles. The van der Waals surface area contributed by atoms with E-state index in [1.54, 1.807) is 12.3 Å². The van der Waals surface area contributed by atoms with Crippen LogP contribution < -0.4 is 5.32 Å². The fourth-order valence-electron chi connectivity index (χ4n) is 2.84. The van der Waals surface area contributed by atoms with Crippen LogP contribution in [0.4, 0.5) is 0 Å². The van der Waals surface area contributed by atoms with E-state index in [0.29, 0.717) is 25.8 Å². The van der Waals surface area contributed by atoms with Crippen LogP contribution in [0, 0.1) is 5.41 Å². The van der Waals surface area contributed by atoms with Gasteiger partial charge in [-0.3, -0.25) is 9.59 Å². The van der Waals surface area contributed by atoms with Crippen molar-refractivity contribution in [3.63, 3.8) is 0 Å². The van der Waals surface area contributed by atoms with Gasteiger partial charge in [0, 0.05) is 19.4 Å². The average Bonchev–Trinajstić information content (AvgIpc) is 2.93. The minimum Gasteiger partial charge on any atom is -0.481 e. The zero-order valence-corrected chi connectivity index (χ0v) is 11.6. The van der Waals surface area contributed by atoms with Crippen LogP contribution in [0.2, 0.25) is 0 Å². The number of hydrogen-bond acceptors (Lipinski definition) is 3. The first-order valence-electron chi connectivity index (χ1n) is 7.15.